The highest BCUT2D eigenvalue weighted by molar-refractivity contribution is 5.74. The third-order valence-corrected chi connectivity index (χ3v) is 2.37. The van der Waals surface area contributed by atoms with E-state index in [2.05, 4.69) is 10.3 Å². The van der Waals surface area contributed by atoms with Crippen LogP contribution >= 0.6 is 0 Å². The Bertz CT molecular complexity index is 359. The summed E-state index contributed by atoms with van der Waals surface area (Å²) in [7, 11) is 0. The van der Waals surface area contributed by atoms with Crippen molar-refractivity contribution in [3.05, 3.63) is 11.9 Å². The summed E-state index contributed by atoms with van der Waals surface area (Å²) in [5.74, 6) is -0.104. The predicted octanol–water partition coefficient (Wildman–Crippen LogP) is -0.709. The quantitative estimate of drug-likeness (QED) is 0.734. The third-order valence-electron chi connectivity index (χ3n) is 2.37. The van der Waals surface area contributed by atoms with Gasteiger partial charge in [-0.05, 0) is 12.8 Å². The maximum Gasteiger partial charge on any atom is 0.267 e. The molecule has 1 fully saturated rings. The van der Waals surface area contributed by atoms with Gasteiger partial charge >= 0.3 is 0 Å². The molecule has 0 bridgehead atoms. The minimum atomic E-state index is -0.104. The predicted molar refractivity (Wildman–Crippen MR) is 54.8 cm³/mol. The van der Waals surface area contributed by atoms with E-state index in [9.17, 15) is 4.79 Å². The molecule has 1 aromatic heterocycles. The molecule has 7 heteroatoms. The molecule has 1 aliphatic rings. The normalized spacial score (nSPS) is 16.4. The van der Waals surface area contributed by atoms with Gasteiger partial charge < -0.3 is 5.73 Å². The molecule has 0 radical (unpaired) electrons. The highest BCUT2D eigenvalue weighted by Gasteiger charge is 2.18. The van der Waals surface area contributed by atoms with Gasteiger partial charge in [-0.2, -0.15) is 0 Å². The van der Waals surface area contributed by atoms with Gasteiger partial charge in [0.15, 0.2) is 0 Å². The second-order valence-corrected chi connectivity index (χ2v) is 3.65. The molecule has 0 saturated carbocycles. The Morgan fingerprint density at radius 3 is 3.06 bits per heavy atom. The van der Waals surface area contributed by atoms with Crippen molar-refractivity contribution in [1.29, 1.82) is 0 Å². The number of carbonyl (C=O) groups excluding carboxylic acids is 1. The van der Waals surface area contributed by atoms with Crippen molar-refractivity contribution in [1.82, 2.24) is 20.1 Å². The molecule has 0 unspecified atom stereocenters. The zero-order valence-corrected chi connectivity index (χ0v) is 9.00. The Labute approximate surface area is 93.1 Å². The lowest BCUT2D eigenvalue weighted by molar-refractivity contribution is -0.197. The van der Waals surface area contributed by atoms with E-state index < -0.39 is 0 Å². The van der Waals surface area contributed by atoms with E-state index in [-0.39, 0.29) is 12.5 Å². The topological polar surface area (TPSA) is 86.3 Å². The smallest absolute Gasteiger partial charge is 0.267 e. The first-order valence-corrected chi connectivity index (χ1v) is 5.32. The van der Waals surface area contributed by atoms with Crippen LogP contribution in [0.15, 0.2) is 6.20 Å². The fraction of sp³-hybridized carbons (Fsp3) is 0.667. The van der Waals surface area contributed by atoms with Crippen LogP contribution in [0, 0.1) is 0 Å². The molecule has 2 rings (SSSR count). The van der Waals surface area contributed by atoms with Gasteiger partial charge in [-0.1, -0.05) is 5.21 Å². The first kappa shape index (κ1) is 11.0. The Balaban J connectivity index is 1.90. The number of hydrogen-bond acceptors (Lipinski definition) is 5. The summed E-state index contributed by atoms with van der Waals surface area (Å²) in [5, 5.41) is 9.01. The van der Waals surface area contributed by atoms with Crippen molar-refractivity contribution >= 4 is 5.91 Å². The summed E-state index contributed by atoms with van der Waals surface area (Å²) in [6.07, 6.45) is 3.66. The van der Waals surface area contributed by atoms with Crippen LogP contribution < -0.4 is 5.73 Å². The van der Waals surface area contributed by atoms with Crippen LogP contribution in [0.2, 0.25) is 0 Å². The van der Waals surface area contributed by atoms with Crippen molar-refractivity contribution in [2.45, 2.75) is 25.9 Å². The molecule has 1 amide bonds. The standard InChI is InChI=1S/C9H15N5O2/c10-5-8-6-13(12-11-8)7-9(15)14-3-1-2-4-16-14/h6H,1-5,7,10H2. The van der Waals surface area contributed by atoms with Gasteiger partial charge in [-0.15, -0.1) is 5.10 Å². The number of nitrogens with zero attached hydrogens (tertiary/aromatic N) is 4. The van der Waals surface area contributed by atoms with Crippen molar-refractivity contribution in [3.63, 3.8) is 0 Å². The van der Waals surface area contributed by atoms with Crippen molar-refractivity contribution in [3.8, 4) is 0 Å². The molecule has 88 valence electrons. The Kier molecular flexibility index (Phi) is 3.47. The molecule has 7 nitrogen and oxygen atoms in total. The molecule has 1 saturated heterocycles. The number of hydroxylamine groups is 2. The summed E-state index contributed by atoms with van der Waals surface area (Å²) in [6.45, 7) is 1.73. The fourth-order valence-corrected chi connectivity index (χ4v) is 1.52. The summed E-state index contributed by atoms with van der Waals surface area (Å²) < 4.78 is 1.47. The van der Waals surface area contributed by atoms with Crippen molar-refractivity contribution in [2.75, 3.05) is 13.2 Å². The van der Waals surface area contributed by atoms with Gasteiger partial charge in [-0.25, -0.2) is 9.75 Å². The maximum absolute atomic E-state index is 11.7. The lowest BCUT2D eigenvalue weighted by Crippen LogP contribution is -2.37. The lowest BCUT2D eigenvalue weighted by atomic mass is 10.3. The van der Waals surface area contributed by atoms with Crippen LogP contribution in [0.5, 0.6) is 0 Å². The number of hydrogen-bond donors (Lipinski definition) is 1. The van der Waals surface area contributed by atoms with Gasteiger partial charge in [0.2, 0.25) is 0 Å². The third kappa shape index (κ3) is 2.56. The monoisotopic (exact) mass is 225 g/mol. The van der Waals surface area contributed by atoms with E-state index in [0.717, 1.165) is 12.8 Å². The molecule has 2 heterocycles. The van der Waals surface area contributed by atoms with Crippen molar-refractivity contribution in [2.24, 2.45) is 5.73 Å². The van der Waals surface area contributed by atoms with Crippen LogP contribution in [-0.4, -0.2) is 39.1 Å². The van der Waals surface area contributed by atoms with E-state index in [1.165, 1.54) is 9.75 Å². The number of nitrogens with two attached hydrogens (primary N) is 1. The average Bonchev–Trinajstić information content (AvgIpc) is 2.78. The van der Waals surface area contributed by atoms with Crippen LogP contribution in [0.1, 0.15) is 18.5 Å². The first-order valence-electron chi connectivity index (χ1n) is 5.32. The zero-order chi connectivity index (χ0) is 11.4. The van der Waals surface area contributed by atoms with E-state index in [1.807, 2.05) is 0 Å². The number of rotatable bonds is 3. The van der Waals surface area contributed by atoms with Crippen LogP contribution in [0.4, 0.5) is 0 Å². The highest BCUT2D eigenvalue weighted by Crippen LogP contribution is 2.06. The fourth-order valence-electron chi connectivity index (χ4n) is 1.52. The average molecular weight is 225 g/mol. The molecule has 2 N–H and O–H groups in total. The highest BCUT2D eigenvalue weighted by atomic mass is 16.7. The first-order chi connectivity index (χ1) is 7.79. The molecular weight excluding hydrogens is 210 g/mol. The molecule has 1 aromatic rings. The number of aromatic nitrogens is 3. The molecule has 0 aromatic carbocycles. The van der Waals surface area contributed by atoms with Crippen LogP contribution in [0.3, 0.4) is 0 Å². The van der Waals surface area contributed by atoms with Gasteiger partial charge in [0.1, 0.15) is 6.54 Å². The van der Waals surface area contributed by atoms with Gasteiger partial charge in [-0.3, -0.25) is 9.63 Å². The zero-order valence-electron chi connectivity index (χ0n) is 9.00. The van der Waals surface area contributed by atoms with E-state index in [1.54, 1.807) is 6.20 Å². The molecule has 1 aliphatic heterocycles. The van der Waals surface area contributed by atoms with E-state index in [0.29, 0.717) is 25.4 Å². The summed E-state index contributed by atoms with van der Waals surface area (Å²) in [6, 6.07) is 0. The minimum absolute atomic E-state index is 0.104. The van der Waals surface area contributed by atoms with Crippen LogP contribution in [0.25, 0.3) is 0 Å². The molecule has 0 aliphatic carbocycles. The van der Waals surface area contributed by atoms with E-state index >= 15 is 0 Å². The largest absolute Gasteiger partial charge is 0.325 e. The molecule has 0 spiro atoms. The van der Waals surface area contributed by atoms with E-state index in [4.69, 9.17) is 10.6 Å². The Morgan fingerprint density at radius 1 is 1.56 bits per heavy atom. The lowest BCUT2D eigenvalue weighted by Gasteiger charge is -2.25. The van der Waals surface area contributed by atoms with Gasteiger partial charge in [0, 0.05) is 13.1 Å². The Morgan fingerprint density at radius 2 is 2.44 bits per heavy atom. The summed E-state index contributed by atoms with van der Waals surface area (Å²) in [5.41, 5.74) is 6.07. The van der Waals surface area contributed by atoms with Crippen molar-refractivity contribution < 1.29 is 9.63 Å². The summed E-state index contributed by atoms with van der Waals surface area (Å²) in [4.78, 5) is 17.0. The van der Waals surface area contributed by atoms with Crippen LogP contribution in [-0.2, 0) is 22.7 Å². The second kappa shape index (κ2) is 5.04. The Hall–Kier alpha value is -1.47. The second-order valence-electron chi connectivity index (χ2n) is 3.65. The molecular formula is C9H15N5O2. The van der Waals surface area contributed by atoms with Gasteiger partial charge in [0.05, 0.1) is 18.5 Å². The molecule has 0 atom stereocenters. The number of amides is 1. The minimum Gasteiger partial charge on any atom is -0.325 e. The van der Waals surface area contributed by atoms with Gasteiger partial charge in [0.25, 0.3) is 5.91 Å². The number of carbonyl (C=O) groups is 1. The SMILES string of the molecule is NCc1cn(CC(=O)N2CCCCO2)nn1. The maximum atomic E-state index is 11.7. The summed E-state index contributed by atoms with van der Waals surface area (Å²) >= 11 is 0. The molecule has 16 heavy (non-hydrogen) atoms.